The van der Waals surface area contributed by atoms with Crippen molar-refractivity contribution in [3.8, 4) is 0 Å². The van der Waals surface area contributed by atoms with Gasteiger partial charge in [0.05, 0.1) is 18.3 Å². The summed E-state index contributed by atoms with van der Waals surface area (Å²) in [5, 5.41) is 0.671. The van der Waals surface area contributed by atoms with E-state index in [1.54, 1.807) is 6.20 Å². The number of aromatic nitrogens is 1. The van der Waals surface area contributed by atoms with E-state index in [1.807, 2.05) is 41.3 Å². The topological polar surface area (TPSA) is 54.5 Å². The molecule has 0 saturated carbocycles. The Balaban J connectivity index is 1.98. The van der Waals surface area contributed by atoms with E-state index in [0.717, 1.165) is 15.9 Å². The minimum Gasteiger partial charge on any atom is -0.369 e. The third-order valence-corrected chi connectivity index (χ3v) is 3.87. The lowest BCUT2D eigenvalue weighted by molar-refractivity contribution is 0.739. The van der Waals surface area contributed by atoms with Crippen molar-refractivity contribution in [3.63, 3.8) is 0 Å². The molecule has 0 aliphatic carbocycles. The highest BCUT2D eigenvalue weighted by Gasteiger charge is 2.29. The number of nitrogens with two attached hydrogens (primary N) is 1. The van der Waals surface area contributed by atoms with Gasteiger partial charge in [-0.3, -0.25) is 9.98 Å². The van der Waals surface area contributed by atoms with Crippen LogP contribution in [0.3, 0.4) is 0 Å². The van der Waals surface area contributed by atoms with Gasteiger partial charge in [0.25, 0.3) is 0 Å². The highest BCUT2D eigenvalue weighted by Crippen LogP contribution is 2.31. The fourth-order valence-corrected chi connectivity index (χ4v) is 2.66. The van der Waals surface area contributed by atoms with E-state index < -0.39 is 0 Å². The molecule has 1 atom stereocenters. The van der Waals surface area contributed by atoms with E-state index in [2.05, 4.69) is 25.9 Å². The molecule has 1 aliphatic heterocycles. The first-order valence-corrected chi connectivity index (χ1v) is 7.28. The van der Waals surface area contributed by atoms with Gasteiger partial charge in [0.15, 0.2) is 5.96 Å². The number of hydrogen-bond donors (Lipinski definition) is 1. The average molecular weight is 352 g/mol. The molecule has 1 aromatic carbocycles. The third kappa shape index (κ3) is 2.51. The number of nitrogens with zero attached hydrogens (tertiary/aromatic N) is 3. The summed E-state index contributed by atoms with van der Waals surface area (Å²) < 4.78 is 0.947. The van der Waals surface area contributed by atoms with Crippen molar-refractivity contribution >= 4 is 39.2 Å². The zero-order valence-electron chi connectivity index (χ0n) is 10.5. The average Bonchev–Trinajstić information content (AvgIpc) is 2.81. The van der Waals surface area contributed by atoms with Gasteiger partial charge in [0.2, 0.25) is 0 Å². The smallest absolute Gasteiger partial charge is 0.196 e. The van der Waals surface area contributed by atoms with Gasteiger partial charge in [-0.2, -0.15) is 0 Å². The van der Waals surface area contributed by atoms with Gasteiger partial charge in [0, 0.05) is 21.4 Å². The summed E-state index contributed by atoms with van der Waals surface area (Å²) in [5.41, 5.74) is 7.86. The fraction of sp³-hybridized carbons (Fsp3) is 0.143. The van der Waals surface area contributed by atoms with Crippen molar-refractivity contribution in [1.82, 2.24) is 4.98 Å². The van der Waals surface area contributed by atoms with Crippen LogP contribution in [-0.2, 0) is 0 Å². The van der Waals surface area contributed by atoms with Gasteiger partial charge in [-0.05, 0) is 46.3 Å². The molecule has 0 spiro atoms. The van der Waals surface area contributed by atoms with Gasteiger partial charge < -0.3 is 10.6 Å². The fourth-order valence-electron chi connectivity index (χ4n) is 2.25. The molecule has 2 N–H and O–H groups in total. The number of rotatable bonds is 2. The van der Waals surface area contributed by atoms with E-state index in [0.29, 0.717) is 17.5 Å². The summed E-state index contributed by atoms with van der Waals surface area (Å²) in [6.45, 7) is 0.590. The van der Waals surface area contributed by atoms with Crippen molar-refractivity contribution < 1.29 is 0 Å². The second-order valence-electron chi connectivity index (χ2n) is 4.47. The summed E-state index contributed by atoms with van der Waals surface area (Å²) in [6, 6.07) is 11.5. The Morgan fingerprint density at radius 1 is 1.30 bits per heavy atom. The zero-order valence-corrected chi connectivity index (χ0v) is 12.8. The summed E-state index contributed by atoms with van der Waals surface area (Å²) in [5.74, 6) is 0.488. The van der Waals surface area contributed by atoms with Gasteiger partial charge in [-0.15, -0.1) is 0 Å². The maximum atomic E-state index is 6.06. The quantitative estimate of drug-likeness (QED) is 0.902. The van der Waals surface area contributed by atoms with E-state index in [-0.39, 0.29) is 6.04 Å². The zero-order chi connectivity index (χ0) is 14.1. The third-order valence-electron chi connectivity index (χ3n) is 3.16. The van der Waals surface area contributed by atoms with Crippen molar-refractivity contribution in [1.29, 1.82) is 0 Å². The van der Waals surface area contributed by atoms with E-state index in [1.165, 1.54) is 0 Å². The predicted octanol–water partition coefficient (Wildman–Crippen LogP) is 3.37. The molecule has 1 unspecified atom stereocenters. The van der Waals surface area contributed by atoms with Crippen LogP contribution in [0.4, 0.5) is 5.69 Å². The molecule has 1 aliphatic rings. The van der Waals surface area contributed by atoms with Crippen LogP contribution in [0.2, 0.25) is 5.02 Å². The molecule has 0 radical (unpaired) electrons. The summed E-state index contributed by atoms with van der Waals surface area (Å²) in [7, 11) is 0. The van der Waals surface area contributed by atoms with Crippen LogP contribution in [0.25, 0.3) is 0 Å². The molecule has 20 heavy (non-hydrogen) atoms. The standard InChI is InChI=1S/C14H12BrClN4/c15-9-4-5-12(18-7-9)13-8-19-14(17)20(13)11-3-1-2-10(16)6-11/h1-7,13H,8H2,(H2,17,19). The van der Waals surface area contributed by atoms with Crippen LogP contribution in [0.15, 0.2) is 52.1 Å². The van der Waals surface area contributed by atoms with Crippen molar-refractivity contribution in [2.45, 2.75) is 6.04 Å². The number of anilines is 1. The molecule has 1 aromatic heterocycles. The molecule has 6 heteroatoms. The van der Waals surface area contributed by atoms with Crippen LogP contribution in [0.5, 0.6) is 0 Å². The Morgan fingerprint density at radius 3 is 2.85 bits per heavy atom. The van der Waals surface area contributed by atoms with Crippen LogP contribution < -0.4 is 10.6 Å². The highest BCUT2D eigenvalue weighted by molar-refractivity contribution is 9.10. The first kappa shape index (κ1) is 13.4. The highest BCUT2D eigenvalue weighted by atomic mass is 79.9. The first-order valence-electron chi connectivity index (χ1n) is 6.11. The van der Waals surface area contributed by atoms with E-state index >= 15 is 0 Å². The van der Waals surface area contributed by atoms with E-state index in [9.17, 15) is 0 Å². The second kappa shape index (κ2) is 5.42. The maximum Gasteiger partial charge on any atom is 0.196 e. The monoisotopic (exact) mass is 350 g/mol. The van der Waals surface area contributed by atoms with Gasteiger partial charge in [0.1, 0.15) is 0 Å². The Kier molecular flexibility index (Phi) is 3.63. The summed E-state index contributed by atoms with van der Waals surface area (Å²) in [6.07, 6.45) is 1.78. The Hall–Kier alpha value is -1.59. The summed E-state index contributed by atoms with van der Waals surface area (Å²) >= 11 is 9.44. The lowest BCUT2D eigenvalue weighted by Crippen LogP contribution is -2.36. The molecular weight excluding hydrogens is 340 g/mol. The molecule has 2 aromatic rings. The number of hydrogen-bond acceptors (Lipinski definition) is 4. The molecule has 102 valence electrons. The Bertz CT molecular complexity index is 656. The molecule has 4 nitrogen and oxygen atoms in total. The number of aliphatic imine (C=N–C) groups is 1. The molecule has 0 amide bonds. The molecule has 0 saturated heterocycles. The van der Waals surface area contributed by atoms with Gasteiger partial charge in [-0.1, -0.05) is 17.7 Å². The second-order valence-corrected chi connectivity index (χ2v) is 5.82. The molecule has 0 bridgehead atoms. The van der Waals surface area contributed by atoms with Crippen molar-refractivity contribution in [2.75, 3.05) is 11.4 Å². The molecule has 3 rings (SSSR count). The predicted molar refractivity (Wildman–Crippen MR) is 85.1 cm³/mol. The van der Waals surface area contributed by atoms with Crippen LogP contribution >= 0.6 is 27.5 Å². The maximum absolute atomic E-state index is 6.06. The number of benzene rings is 1. The largest absolute Gasteiger partial charge is 0.369 e. The van der Waals surface area contributed by atoms with Crippen LogP contribution in [0, 0.1) is 0 Å². The van der Waals surface area contributed by atoms with Crippen LogP contribution in [0.1, 0.15) is 11.7 Å². The minimum atomic E-state index is 0.00145. The first-order chi connectivity index (χ1) is 9.65. The normalized spacial score (nSPS) is 18.2. The van der Waals surface area contributed by atoms with Crippen LogP contribution in [-0.4, -0.2) is 17.5 Å². The lowest BCUT2D eigenvalue weighted by atomic mass is 10.1. The van der Waals surface area contributed by atoms with Crippen molar-refractivity contribution in [2.24, 2.45) is 10.7 Å². The molecular formula is C14H12BrClN4. The van der Waals surface area contributed by atoms with Gasteiger partial charge in [-0.25, -0.2) is 0 Å². The molecule has 0 fully saturated rings. The Labute approximate surface area is 130 Å². The minimum absolute atomic E-state index is 0.00145. The summed E-state index contributed by atoms with van der Waals surface area (Å²) in [4.78, 5) is 10.7. The van der Waals surface area contributed by atoms with Gasteiger partial charge >= 0.3 is 0 Å². The van der Waals surface area contributed by atoms with E-state index in [4.69, 9.17) is 17.3 Å². The van der Waals surface area contributed by atoms with Crippen molar-refractivity contribution in [3.05, 3.63) is 57.8 Å². The SMILES string of the molecule is NC1=NCC(c2ccc(Br)cn2)N1c1cccc(Cl)c1. The number of halogens is 2. The number of guanidine groups is 1. The molecule has 2 heterocycles. The lowest BCUT2D eigenvalue weighted by Gasteiger charge is -2.26. The Morgan fingerprint density at radius 2 is 2.15 bits per heavy atom. The number of pyridine rings is 1.